The summed E-state index contributed by atoms with van der Waals surface area (Å²) in [6, 6.07) is 5.39. The number of benzene rings is 1. The molecular weight excluding hydrogens is 240 g/mol. The van der Waals surface area contributed by atoms with Crippen molar-refractivity contribution in [2.24, 2.45) is 0 Å². The summed E-state index contributed by atoms with van der Waals surface area (Å²) in [6.45, 7) is 8.09. The standard InChI is InChI=1S/C16H18O3/c1-4-6-13-14(18-9-5-2)8-7-12-11(3)10-15(17)19-16(12)13/h5,7-8,10H,2,4,6,9H2,1,3H3. The van der Waals surface area contributed by atoms with Crippen molar-refractivity contribution in [3.63, 3.8) is 0 Å². The fourth-order valence-corrected chi connectivity index (χ4v) is 2.19. The molecule has 2 aromatic rings. The number of hydrogen-bond acceptors (Lipinski definition) is 3. The summed E-state index contributed by atoms with van der Waals surface area (Å²) in [7, 11) is 0. The Morgan fingerprint density at radius 3 is 2.89 bits per heavy atom. The molecule has 0 unspecified atom stereocenters. The molecule has 0 spiro atoms. The lowest BCUT2D eigenvalue weighted by Gasteiger charge is -2.12. The highest BCUT2D eigenvalue weighted by Crippen LogP contribution is 2.30. The van der Waals surface area contributed by atoms with Crippen LogP contribution in [0.1, 0.15) is 24.5 Å². The van der Waals surface area contributed by atoms with Crippen molar-refractivity contribution in [1.29, 1.82) is 0 Å². The van der Waals surface area contributed by atoms with Gasteiger partial charge in [0, 0.05) is 17.0 Å². The summed E-state index contributed by atoms with van der Waals surface area (Å²) in [5.74, 6) is 0.767. The van der Waals surface area contributed by atoms with E-state index >= 15 is 0 Å². The van der Waals surface area contributed by atoms with E-state index in [0.29, 0.717) is 12.2 Å². The first-order valence-corrected chi connectivity index (χ1v) is 6.47. The van der Waals surface area contributed by atoms with Gasteiger partial charge in [0.1, 0.15) is 17.9 Å². The predicted octanol–water partition coefficient (Wildman–Crippen LogP) is 3.62. The first-order valence-electron chi connectivity index (χ1n) is 6.47. The molecule has 0 atom stereocenters. The van der Waals surface area contributed by atoms with Crippen molar-refractivity contribution < 1.29 is 9.15 Å². The molecule has 0 aliphatic heterocycles. The van der Waals surface area contributed by atoms with Gasteiger partial charge in [0.2, 0.25) is 0 Å². The van der Waals surface area contributed by atoms with Gasteiger partial charge in [-0.2, -0.15) is 0 Å². The highest BCUT2D eigenvalue weighted by molar-refractivity contribution is 5.85. The normalized spacial score (nSPS) is 10.6. The van der Waals surface area contributed by atoms with E-state index in [-0.39, 0.29) is 5.63 Å². The van der Waals surface area contributed by atoms with Crippen LogP contribution >= 0.6 is 0 Å². The average Bonchev–Trinajstić information content (AvgIpc) is 2.38. The molecule has 1 heterocycles. The Labute approximate surface area is 112 Å². The highest BCUT2D eigenvalue weighted by atomic mass is 16.5. The van der Waals surface area contributed by atoms with Crippen molar-refractivity contribution in [1.82, 2.24) is 0 Å². The molecule has 3 nitrogen and oxygen atoms in total. The van der Waals surface area contributed by atoms with Crippen molar-refractivity contribution >= 4 is 11.0 Å². The average molecular weight is 258 g/mol. The number of rotatable bonds is 5. The monoisotopic (exact) mass is 258 g/mol. The van der Waals surface area contributed by atoms with Gasteiger partial charge in [0.15, 0.2) is 0 Å². The van der Waals surface area contributed by atoms with E-state index in [4.69, 9.17) is 9.15 Å². The van der Waals surface area contributed by atoms with E-state index in [1.165, 1.54) is 6.07 Å². The third-order valence-electron chi connectivity index (χ3n) is 3.04. The van der Waals surface area contributed by atoms with Crippen LogP contribution < -0.4 is 10.4 Å². The molecule has 0 fully saturated rings. The van der Waals surface area contributed by atoms with Crippen LogP contribution in [-0.2, 0) is 6.42 Å². The molecule has 0 saturated carbocycles. The Morgan fingerprint density at radius 2 is 2.21 bits per heavy atom. The zero-order valence-corrected chi connectivity index (χ0v) is 11.4. The molecule has 0 radical (unpaired) electrons. The van der Waals surface area contributed by atoms with Gasteiger partial charge in [0.05, 0.1) is 0 Å². The van der Waals surface area contributed by atoms with Gasteiger partial charge in [-0.1, -0.05) is 26.0 Å². The Hall–Kier alpha value is -2.03. The van der Waals surface area contributed by atoms with E-state index in [2.05, 4.69) is 13.5 Å². The first-order chi connectivity index (χ1) is 9.17. The predicted molar refractivity (Wildman–Crippen MR) is 76.9 cm³/mol. The van der Waals surface area contributed by atoms with Crippen molar-refractivity contribution in [3.8, 4) is 5.75 Å². The van der Waals surface area contributed by atoms with E-state index < -0.39 is 0 Å². The molecule has 0 N–H and O–H groups in total. The fraction of sp³-hybridized carbons (Fsp3) is 0.312. The Balaban J connectivity index is 2.68. The first kappa shape index (κ1) is 13.4. The molecule has 1 aromatic heterocycles. The third-order valence-corrected chi connectivity index (χ3v) is 3.04. The maximum atomic E-state index is 11.6. The zero-order chi connectivity index (χ0) is 13.8. The Kier molecular flexibility index (Phi) is 4.05. The maximum absolute atomic E-state index is 11.6. The molecule has 2 rings (SSSR count). The summed E-state index contributed by atoms with van der Waals surface area (Å²) in [5, 5.41) is 0.967. The van der Waals surface area contributed by atoms with Crippen LogP contribution in [0.4, 0.5) is 0 Å². The number of fused-ring (bicyclic) bond motifs is 1. The maximum Gasteiger partial charge on any atom is 0.336 e. The largest absolute Gasteiger partial charge is 0.489 e. The van der Waals surface area contributed by atoms with Crippen LogP contribution in [0, 0.1) is 6.92 Å². The molecule has 19 heavy (non-hydrogen) atoms. The van der Waals surface area contributed by atoms with Gasteiger partial charge in [-0.25, -0.2) is 4.79 Å². The second-order valence-corrected chi connectivity index (χ2v) is 4.52. The fourth-order valence-electron chi connectivity index (χ4n) is 2.19. The topological polar surface area (TPSA) is 39.4 Å². The van der Waals surface area contributed by atoms with Crippen molar-refractivity contribution in [3.05, 3.63) is 52.4 Å². The van der Waals surface area contributed by atoms with Crippen LogP contribution in [0.2, 0.25) is 0 Å². The van der Waals surface area contributed by atoms with Gasteiger partial charge in [-0.3, -0.25) is 0 Å². The van der Waals surface area contributed by atoms with E-state index in [0.717, 1.165) is 35.1 Å². The van der Waals surface area contributed by atoms with E-state index in [1.54, 1.807) is 6.08 Å². The molecule has 0 saturated heterocycles. The zero-order valence-electron chi connectivity index (χ0n) is 11.4. The molecule has 3 heteroatoms. The smallest absolute Gasteiger partial charge is 0.336 e. The third kappa shape index (κ3) is 2.70. The van der Waals surface area contributed by atoms with Gasteiger partial charge in [-0.15, -0.1) is 0 Å². The molecular formula is C16H18O3. The molecule has 0 aliphatic rings. The molecule has 1 aromatic carbocycles. The minimum Gasteiger partial charge on any atom is -0.489 e. The molecule has 0 amide bonds. The van der Waals surface area contributed by atoms with Crippen LogP contribution in [-0.4, -0.2) is 6.61 Å². The SMILES string of the molecule is C=CCOc1ccc2c(C)cc(=O)oc2c1CCC. The lowest BCUT2D eigenvalue weighted by atomic mass is 10.0. The number of aryl methyl sites for hydroxylation is 2. The number of ether oxygens (including phenoxy) is 1. The van der Waals surface area contributed by atoms with E-state index in [1.807, 2.05) is 19.1 Å². The summed E-state index contributed by atoms with van der Waals surface area (Å²) in [5.41, 5.74) is 2.22. The summed E-state index contributed by atoms with van der Waals surface area (Å²) < 4.78 is 11.0. The summed E-state index contributed by atoms with van der Waals surface area (Å²) in [6.07, 6.45) is 3.48. The van der Waals surface area contributed by atoms with Gasteiger partial charge < -0.3 is 9.15 Å². The van der Waals surface area contributed by atoms with Crippen LogP contribution in [0.15, 0.2) is 40.1 Å². The second-order valence-electron chi connectivity index (χ2n) is 4.52. The lowest BCUT2D eigenvalue weighted by Crippen LogP contribution is -2.03. The molecule has 100 valence electrons. The van der Waals surface area contributed by atoms with Crippen LogP contribution in [0.3, 0.4) is 0 Å². The Morgan fingerprint density at radius 1 is 1.42 bits per heavy atom. The van der Waals surface area contributed by atoms with Crippen molar-refractivity contribution in [2.45, 2.75) is 26.7 Å². The minimum absolute atomic E-state index is 0.316. The molecule has 0 aliphatic carbocycles. The quantitative estimate of drug-likeness (QED) is 0.607. The Bertz CT molecular complexity index is 653. The minimum atomic E-state index is -0.316. The summed E-state index contributed by atoms with van der Waals surface area (Å²) in [4.78, 5) is 11.6. The van der Waals surface area contributed by atoms with Crippen molar-refractivity contribution in [2.75, 3.05) is 6.61 Å². The lowest BCUT2D eigenvalue weighted by molar-refractivity contribution is 0.358. The molecule has 0 bridgehead atoms. The van der Waals surface area contributed by atoms with Crippen LogP contribution in [0.25, 0.3) is 11.0 Å². The van der Waals surface area contributed by atoms with Gasteiger partial charge >= 0.3 is 5.63 Å². The number of hydrogen-bond donors (Lipinski definition) is 0. The second kappa shape index (κ2) is 5.74. The summed E-state index contributed by atoms with van der Waals surface area (Å²) >= 11 is 0. The van der Waals surface area contributed by atoms with Crippen LogP contribution in [0.5, 0.6) is 5.75 Å². The van der Waals surface area contributed by atoms with E-state index in [9.17, 15) is 4.79 Å². The highest BCUT2D eigenvalue weighted by Gasteiger charge is 2.12. The van der Waals surface area contributed by atoms with Gasteiger partial charge in [0.25, 0.3) is 0 Å². The van der Waals surface area contributed by atoms with Gasteiger partial charge in [-0.05, 0) is 31.0 Å².